The van der Waals surface area contributed by atoms with Gasteiger partial charge in [-0.3, -0.25) is 0 Å². The van der Waals surface area contributed by atoms with E-state index in [4.69, 9.17) is 10.8 Å². The molecule has 1 heterocycles. The van der Waals surface area contributed by atoms with Crippen molar-refractivity contribution in [3.63, 3.8) is 0 Å². The van der Waals surface area contributed by atoms with E-state index in [1.54, 1.807) is 0 Å². The van der Waals surface area contributed by atoms with Gasteiger partial charge in [0.15, 0.2) is 0 Å². The van der Waals surface area contributed by atoms with E-state index in [-0.39, 0.29) is 12.1 Å². The Labute approximate surface area is 65.0 Å². The molecule has 3 unspecified atom stereocenters. The number of nitrogens with zero attached hydrogens (tertiary/aromatic N) is 1. The van der Waals surface area contributed by atoms with Crippen molar-refractivity contribution in [2.45, 2.75) is 24.9 Å². The summed E-state index contributed by atoms with van der Waals surface area (Å²) < 4.78 is 0. The van der Waals surface area contributed by atoms with Gasteiger partial charge in [-0.2, -0.15) is 0 Å². The Bertz CT molecular complexity index is 195. The Morgan fingerprint density at radius 1 is 1.55 bits per heavy atom. The molecule has 1 saturated carbocycles. The van der Waals surface area contributed by atoms with Crippen LogP contribution in [-0.2, 0) is 0 Å². The fraction of sp³-hybridized carbons (Fsp3) is 0.857. The molecule has 0 spiro atoms. The van der Waals surface area contributed by atoms with E-state index in [1.807, 2.05) is 0 Å². The Morgan fingerprint density at radius 3 is 2.64 bits per heavy atom. The third kappa shape index (κ3) is 0.894. The molecule has 1 aliphatic heterocycles. The van der Waals surface area contributed by atoms with Gasteiger partial charge in [0.2, 0.25) is 0 Å². The summed E-state index contributed by atoms with van der Waals surface area (Å²) in [5, 5.41) is 8.72. The summed E-state index contributed by atoms with van der Waals surface area (Å²) >= 11 is 0. The van der Waals surface area contributed by atoms with Crippen LogP contribution in [0.3, 0.4) is 0 Å². The maximum atomic E-state index is 10.6. The SMILES string of the molecule is NC1CC2CC1N(C(=O)O)C2. The smallest absolute Gasteiger partial charge is 0.407 e. The highest BCUT2D eigenvalue weighted by atomic mass is 16.4. The number of piperidine rings is 1. The van der Waals surface area contributed by atoms with E-state index >= 15 is 0 Å². The van der Waals surface area contributed by atoms with Crippen molar-refractivity contribution in [1.82, 2.24) is 4.90 Å². The monoisotopic (exact) mass is 156 g/mol. The van der Waals surface area contributed by atoms with E-state index in [0.29, 0.717) is 12.5 Å². The van der Waals surface area contributed by atoms with Crippen molar-refractivity contribution in [2.24, 2.45) is 11.7 Å². The number of amides is 1. The molecule has 3 atom stereocenters. The lowest BCUT2D eigenvalue weighted by Gasteiger charge is -2.28. The Morgan fingerprint density at radius 2 is 2.27 bits per heavy atom. The first-order chi connectivity index (χ1) is 5.18. The van der Waals surface area contributed by atoms with Crippen LogP contribution in [0.2, 0.25) is 0 Å². The molecule has 3 N–H and O–H groups in total. The Balaban J connectivity index is 2.12. The predicted molar refractivity (Wildman–Crippen MR) is 39.2 cm³/mol. The minimum atomic E-state index is -0.812. The first-order valence-electron chi connectivity index (χ1n) is 3.93. The van der Waals surface area contributed by atoms with Crippen molar-refractivity contribution in [1.29, 1.82) is 0 Å². The molecule has 4 heteroatoms. The largest absolute Gasteiger partial charge is 0.465 e. The molecule has 2 bridgehead atoms. The molecular formula is C7H12N2O2. The summed E-state index contributed by atoms with van der Waals surface area (Å²) in [5.41, 5.74) is 5.74. The van der Waals surface area contributed by atoms with Crippen LogP contribution in [0.1, 0.15) is 12.8 Å². The topological polar surface area (TPSA) is 66.6 Å². The summed E-state index contributed by atoms with van der Waals surface area (Å²) in [6.45, 7) is 0.702. The number of carbonyl (C=O) groups is 1. The second kappa shape index (κ2) is 2.11. The zero-order chi connectivity index (χ0) is 8.01. The van der Waals surface area contributed by atoms with Gasteiger partial charge in [0.1, 0.15) is 0 Å². The maximum Gasteiger partial charge on any atom is 0.407 e. The lowest BCUT2D eigenvalue weighted by Crippen LogP contribution is -2.47. The number of carboxylic acid groups (broad SMARTS) is 1. The van der Waals surface area contributed by atoms with E-state index in [9.17, 15) is 4.79 Å². The fourth-order valence-corrected chi connectivity index (χ4v) is 2.30. The molecule has 1 amide bonds. The van der Waals surface area contributed by atoms with E-state index < -0.39 is 6.09 Å². The Hall–Kier alpha value is -0.770. The molecule has 1 saturated heterocycles. The van der Waals surface area contributed by atoms with Crippen molar-refractivity contribution < 1.29 is 9.90 Å². The van der Waals surface area contributed by atoms with Gasteiger partial charge in [-0.15, -0.1) is 0 Å². The summed E-state index contributed by atoms with van der Waals surface area (Å²) in [6.07, 6.45) is 1.18. The van der Waals surface area contributed by atoms with Gasteiger partial charge in [-0.1, -0.05) is 0 Å². The lowest BCUT2D eigenvalue weighted by atomic mass is 10.1. The van der Waals surface area contributed by atoms with Crippen molar-refractivity contribution >= 4 is 6.09 Å². The molecule has 1 aliphatic carbocycles. The van der Waals surface area contributed by atoms with Crippen LogP contribution in [0.25, 0.3) is 0 Å². The maximum absolute atomic E-state index is 10.6. The second-order valence-corrected chi connectivity index (χ2v) is 3.50. The van der Waals surface area contributed by atoms with Gasteiger partial charge in [-0.05, 0) is 18.8 Å². The lowest BCUT2D eigenvalue weighted by molar-refractivity contribution is 0.125. The van der Waals surface area contributed by atoms with Crippen molar-refractivity contribution in [3.8, 4) is 0 Å². The zero-order valence-corrected chi connectivity index (χ0v) is 6.23. The highest BCUT2D eigenvalue weighted by Crippen LogP contribution is 2.36. The molecular weight excluding hydrogens is 144 g/mol. The van der Waals surface area contributed by atoms with Gasteiger partial charge in [0, 0.05) is 12.6 Å². The number of fused-ring (bicyclic) bond motifs is 2. The van der Waals surface area contributed by atoms with Crippen LogP contribution in [0.15, 0.2) is 0 Å². The summed E-state index contributed by atoms with van der Waals surface area (Å²) in [7, 11) is 0. The van der Waals surface area contributed by atoms with Gasteiger partial charge >= 0.3 is 6.09 Å². The van der Waals surface area contributed by atoms with Crippen LogP contribution < -0.4 is 5.73 Å². The molecule has 0 aromatic heterocycles. The van der Waals surface area contributed by atoms with Crippen molar-refractivity contribution in [3.05, 3.63) is 0 Å². The van der Waals surface area contributed by atoms with Crippen LogP contribution in [0.4, 0.5) is 4.79 Å². The number of nitrogens with two attached hydrogens (primary N) is 1. The molecule has 11 heavy (non-hydrogen) atoms. The number of likely N-dealkylation sites (tertiary alicyclic amines) is 1. The third-order valence-corrected chi connectivity index (χ3v) is 2.78. The number of hydrogen-bond donors (Lipinski definition) is 2. The van der Waals surface area contributed by atoms with Gasteiger partial charge in [0.25, 0.3) is 0 Å². The quantitative estimate of drug-likeness (QED) is 0.522. The highest BCUT2D eigenvalue weighted by Gasteiger charge is 2.45. The fourth-order valence-electron chi connectivity index (χ4n) is 2.30. The molecule has 0 radical (unpaired) electrons. The number of hydrogen-bond acceptors (Lipinski definition) is 2. The van der Waals surface area contributed by atoms with Crippen LogP contribution >= 0.6 is 0 Å². The average Bonchev–Trinajstić information content (AvgIpc) is 2.43. The van der Waals surface area contributed by atoms with E-state index in [2.05, 4.69) is 0 Å². The van der Waals surface area contributed by atoms with Crippen LogP contribution in [0, 0.1) is 5.92 Å². The van der Waals surface area contributed by atoms with Gasteiger partial charge < -0.3 is 15.7 Å². The van der Waals surface area contributed by atoms with Crippen LogP contribution in [-0.4, -0.2) is 34.7 Å². The predicted octanol–water partition coefficient (Wildman–Crippen LogP) is 0.0859. The molecule has 2 aliphatic rings. The zero-order valence-electron chi connectivity index (χ0n) is 6.23. The summed E-state index contributed by atoms with van der Waals surface area (Å²) in [4.78, 5) is 12.1. The first-order valence-corrected chi connectivity index (χ1v) is 3.93. The van der Waals surface area contributed by atoms with Gasteiger partial charge in [0.05, 0.1) is 6.04 Å². The number of rotatable bonds is 0. The van der Waals surface area contributed by atoms with E-state index in [1.165, 1.54) is 4.90 Å². The van der Waals surface area contributed by atoms with Crippen LogP contribution in [0.5, 0.6) is 0 Å². The summed E-state index contributed by atoms with van der Waals surface area (Å²) in [5.74, 6) is 0.533. The highest BCUT2D eigenvalue weighted by molar-refractivity contribution is 5.66. The second-order valence-electron chi connectivity index (χ2n) is 3.50. The minimum Gasteiger partial charge on any atom is -0.465 e. The van der Waals surface area contributed by atoms with Gasteiger partial charge in [-0.25, -0.2) is 4.79 Å². The van der Waals surface area contributed by atoms with Crippen molar-refractivity contribution in [2.75, 3.05) is 6.54 Å². The molecule has 0 aromatic rings. The van der Waals surface area contributed by atoms with E-state index in [0.717, 1.165) is 12.8 Å². The molecule has 62 valence electrons. The normalized spacial score (nSPS) is 41.5. The minimum absolute atomic E-state index is 0.0878. The molecule has 2 rings (SSSR count). The standard InChI is InChI=1S/C7H12N2O2/c8-5-1-4-2-6(5)9(3-4)7(10)11/h4-6H,1-3,8H2,(H,10,11). The Kier molecular flexibility index (Phi) is 1.32. The first kappa shape index (κ1) is 6.91. The molecule has 4 nitrogen and oxygen atoms in total. The average molecular weight is 156 g/mol. The summed E-state index contributed by atoms with van der Waals surface area (Å²) in [6, 6.07) is 0.197. The third-order valence-electron chi connectivity index (χ3n) is 2.78. The molecule has 2 fully saturated rings. The molecule has 0 aromatic carbocycles.